The summed E-state index contributed by atoms with van der Waals surface area (Å²) in [5.41, 5.74) is 1.33. The fourth-order valence-corrected chi connectivity index (χ4v) is 2.04. The molecule has 1 amide bonds. The minimum atomic E-state index is 0.0630. The summed E-state index contributed by atoms with van der Waals surface area (Å²) in [6, 6.07) is 10.5. The maximum absolute atomic E-state index is 11.4. The Labute approximate surface area is 110 Å². The summed E-state index contributed by atoms with van der Waals surface area (Å²) in [6.07, 6.45) is 0. The second kappa shape index (κ2) is 7.88. The summed E-state index contributed by atoms with van der Waals surface area (Å²) in [5.74, 6) is 1.06. The van der Waals surface area contributed by atoms with Gasteiger partial charge in [0.05, 0.1) is 6.54 Å². The molecule has 0 fully saturated rings. The number of hydrogen-bond donors (Lipinski definition) is 2. The van der Waals surface area contributed by atoms with Crippen LogP contribution in [0.5, 0.6) is 0 Å². The minimum Gasteiger partial charge on any atom is -0.355 e. The number of likely N-dealkylation sites (N-methyl/N-ethyl adjacent to an activating group) is 1. The number of carbonyl (C=O) groups is 1. The molecule has 0 bridgehead atoms. The van der Waals surface area contributed by atoms with Crippen LogP contribution in [0.3, 0.4) is 0 Å². The predicted octanol–water partition coefficient (Wildman–Crippen LogP) is 2.15. The van der Waals surface area contributed by atoms with E-state index < -0.39 is 0 Å². The molecule has 3 nitrogen and oxygen atoms in total. The van der Waals surface area contributed by atoms with Gasteiger partial charge < -0.3 is 10.6 Å². The largest absolute Gasteiger partial charge is 0.355 e. The number of rotatable bonds is 7. The first-order valence-electron chi connectivity index (χ1n) is 6.67. The van der Waals surface area contributed by atoms with Gasteiger partial charge in [-0.2, -0.15) is 0 Å². The first kappa shape index (κ1) is 14.7. The first-order chi connectivity index (χ1) is 8.65. The minimum absolute atomic E-state index is 0.0630. The highest BCUT2D eigenvalue weighted by molar-refractivity contribution is 5.77. The van der Waals surface area contributed by atoms with Gasteiger partial charge >= 0.3 is 0 Å². The number of benzene rings is 1. The highest BCUT2D eigenvalue weighted by Gasteiger charge is 2.15. The van der Waals surface area contributed by atoms with Gasteiger partial charge in [0, 0.05) is 13.1 Å². The molecule has 1 rings (SSSR count). The van der Waals surface area contributed by atoms with Crippen LogP contribution in [0.1, 0.15) is 32.3 Å². The van der Waals surface area contributed by atoms with Crippen molar-refractivity contribution in [2.45, 2.75) is 26.7 Å². The van der Waals surface area contributed by atoms with E-state index in [1.165, 1.54) is 5.56 Å². The molecule has 18 heavy (non-hydrogen) atoms. The van der Waals surface area contributed by atoms with E-state index in [-0.39, 0.29) is 5.91 Å². The molecule has 0 heterocycles. The molecule has 0 saturated heterocycles. The van der Waals surface area contributed by atoms with Crippen molar-refractivity contribution >= 4 is 5.91 Å². The van der Waals surface area contributed by atoms with Crippen molar-refractivity contribution in [1.29, 1.82) is 0 Å². The summed E-state index contributed by atoms with van der Waals surface area (Å²) in [6.45, 7) is 8.27. The van der Waals surface area contributed by atoms with Crippen molar-refractivity contribution in [2.24, 2.45) is 5.92 Å². The molecule has 3 heteroatoms. The zero-order valence-electron chi connectivity index (χ0n) is 11.6. The average molecular weight is 248 g/mol. The van der Waals surface area contributed by atoms with E-state index >= 15 is 0 Å². The molecule has 1 aromatic rings. The summed E-state index contributed by atoms with van der Waals surface area (Å²) in [7, 11) is 0. The molecule has 1 aromatic carbocycles. The second-order valence-electron chi connectivity index (χ2n) is 4.85. The third kappa shape index (κ3) is 4.88. The molecular weight excluding hydrogens is 224 g/mol. The van der Waals surface area contributed by atoms with Gasteiger partial charge in [-0.1, -0.05) is 44.2 Å². The lowest BCUT2D eigenvalue weighted by Gasteiger charge is -2.21. The van der Waals surface area contributed by atoms with Crippen LogP contribution < -0.4 is 10.6 Å². The maximum Gasteiger partial charge on any atom is 0.233 e. The Morgan fingerprint density at radius 2 is 1.89 bits per heavy atom. The third-order valence-electron chi connectivity index (χ3n) is 3.06. The predicted molar refractivity (Wildman–Crippen MR) is 75.6 cm³/mol. The van der Waals surface area contributed by atoms with Crippen LogP contribution in [-0.4, -0.2) is 25.5 Å². The lowest BCUT2D eigenvalue weighted by atomic mass is 9.88. The Morgan fingerprint density at radius 3 is 2.44 bits per heavy atom. The SMILES string of the molecule is CCNC(=O)CNCC(c1ccccc1)C(C)C. The van der Waals surface area contributed by atoms with Gasteiger partial charge in [0.2, 0.25) is 5.91 Å². The molecule has 1 atom stereocenters. The van der Waals surface area contributed by atoms with Gasteiger partial charge in [-0.25, -0.2) is 0 Å². The number of hydrogen-bond acceptors (Lipinski definition) is 2. The lowest BCUT2D eigenvalue weighted by Crippen LogP contribution is -2.36. The highest BCUT2D eigenvalue weighted by Crippen LogP contribution is 2.23. The van der Waals surface area contributed by atoms with Gasteiger partial charge in [0.15, 0.2) is 0 Å². The van der Waals surface area contributed by atoms with Gasteiger partial charge in [-0.05, 0) is 24.3 Å². The summed E-state index contributed by atoms with van der Waals surface area (Å²) >= 11 is 0. The third-order valence-corrected chi connectivity index (χ3v) is 3.06. The van der Waals surface area contributed by atoms with Crippen molar-refractivity contribution in [1.82, 2.24) is 10.6 Å². The Kier molecular flexibility index (Phi) is 6.44. The zero-order chi connectivity index (χ0) is 13.4. The van der Waals surface area contributed by atoms with Crippen molar-refractivity contribution < 1.29 is 4.79 Å². The molecule has 0 saturated carbocycles. The molecule has 0 radical (unpaired) electrons. The van der Waals surface area contributed by atoms with E-state index in [9.17, 15) is 4.79 Å². The lowest BCUT2D eigenvalue weighted by molar-refractivity contribution is -0.120. The standard InChI is InChI=1S/C15H24N2O/c1-4-17-15(18)11-16-10-14(12(2)3)13-8-6-5-7-9-13/h5-9,12,14,16H,4,10-11H2,1-3H3,(H,17,18). The average Bonchev–Trinajstić information content (AvgIpc) is 2.35. The van der Waals surface area contributed by atoms with Crippen molar-refractivity contribution in [2.75, 3.05) is 19.6 Å². The van der Waals surface area contributed by atoms with Crippen molar-refractivity contribution in [3.63, 3.8) is 0 Å². The second-order valence-corrected chi connectivity index (χ2v) is 4.85. The van der Waals surface area contributed by atoms with Gasteiger partial charge in [-0.15, -0.1) is 0 Å². The molecule has 0 aromatic heterocycles. The highest BCUT2D eigenvalue weighted by atomic mass is 16.1. The first-order valence-corrected chi connectivity index (χ1v) is 6.67. The van der Waals surface area contributed by atoms with Crippen LogP contribution in [0, 0.1) is 5.92 Å². The van der Waals surface area contributed by atoms with E-state index in [4.69, 9.17) is 0 Å². The quantitative estimate of drug-likeness (QED) is 0.776. The molecule has 1 unspecified atom stereocenters. The Balaban J connectivity index is 2.47. The monoisotopic (exact) mass is 248 g/mol. The molecule has 0 spiro atoms. The van der Waals surface area contributed by atoms with E-state index in [1.807, 2.05) is 13.0 Å². The van der Waals surface area contributed by atoms with Crippen LogP contribution in [0.25, 0.3) is 0 Å². The van der Waals surface area contributed by atoms with E-state index in [1.54, 1.807) is 0 Å². The van der Waals surface area contributed by atoms with Crippen LogP contribution in [-0.2, 0) is 4.79 Å². The summed E-state index contributed by atoms with van der Waals surface area (Å²) in [5, 5.41) is 6.02. The number of amides is 1. The van der Waals surface area contributed by atoms with Crippen LogP contribution in [0.15, 0.2) is 30.3 Å². The van der Waals surface area contributed by atoms with Gasteiger partial charge in [-0.3, -0.25) is 4.79 Å². The van der Waals surface area contributed by atoms with Crippen molar-refractivity contribution in [3.8, 4) is 0 Å². The van der Waals surface area contributed by atoms with Gasteiger partial charge in [0.1, 0.15) is 0 Å². The molecule has 2 N–H and O–H groups in total. The van der Waals surface area contributed by atoms with Crippen LogP contribution in [0.2, 0.25) is 0 Å². The molecule has 0 aliphatic heterocycles. The van der Waals surface area contributed by atoms with Gasteiger partial charge in [0.25, 0.3) is 0 Å². The maximum atomic E-state index is 11.4. The fourth-order valence-electron chi connectivity index (χ4n) is 2.04. The topological polar surface area (TPSA) is 41.1 Å². The summed E-state index contributed by atoms with van der Waals surface area (Å²) < 4.78 is 0. The Hall–Kier alpha value is -1.35. The molecule has 100 valence electrons. The van der Waals surface area contributed by atoms with E-state index in [2.05, 4.69) is 48.7 Å². The fraction of sp³-hybridized carbons (Fsp3) is 0.533. The Morgan fingerprint density at radius 1 is 1.22 bits per heavy atom. The van der Waals surface area contributed by atoms with Crippen molar-refractivity contribution in [3.05, 3.63) is 35.9 Å². The van der Waals surface area contributed by atoms with E-state index in [0.29, 0.717) is 24.9 Å². The smallest absolute Gasteiger partial charge is 0.233 e. The normalized spacial score (nSPS) is 12.4. The van der Waals surface area contributed by atoms with E-state index in [0.717, 1.165) is 6.54 Å². The number of nitrogens with one attached hydrogen (secondary N) is 2. The summed E-state index contributed by atoms with van der Waals surface area (Å²) in [4.78, 5) is 11.4. The van der Waals surface area contributed by atoms with Crippen LogP contribution in [0.4, 0.5) is 0 Å². The number of carbonyl (C=O) groups excluding carboxylic acids is 1. The molecular formula is C15H24N2O. The molecule has 0 aliphatic rings. The zero-order valence-corrected chi connectivity index (χ0v) is 11.6. The molecule has 0 aliphatic carbocycles. The Bertz CT molecular complexity index is 349. The van der Waals surface area contributed by atoms with Crippen LogP contribution >= 0.6 is 0 Å².